The fraction of sp³-hybridized carbons (Fsp3) is 0.304. The van der Waals surface area contributed by atoms with Gasteiger partial charge in [-0.15, -0.1) is 0 Å². The number of amides is 2. The number of benzene rings is 2. The van der Waals surface area contributed by atoms with Gasteiger partial charge in [-0.2, -0.15) is 0 Å². The number of nitrogens with zero attached hydrogens (tertiary/aromatic N) is 1. The lowest BCUT2D eigenvalue weighted by atomic mass is 9.95. The summed E-state index contributed by atoms with van der Waals surface area (Å²) in [4.78, 5) is 26.6. The highest BCUT2D eigenvalue weighted by Crippen LogP contribution is 2.18. The number of likely N-dealkylation sites (tertiary alicyclic amines) is 1. The Morgan fingerprint density at radius 1 is 1.04 bits per heavy atom. The van der Waals surface area contributed by atoms with E-state index >= 15 is 0 Å². The average molecular weight is 362 g/mol. The fourth-order valence-electron chi connectivity index (χ4n) is 3.33. The van der Waals surface area contributed by atoms with Gasteiger partial charge in [-0.1, -0.05) is 54.6 Å². The predicted molar refractivity (Wildman–Crippen MR) is 108 cm³/mol. The molecule has 1 saturated heterocycles. The van der Waals surface area contributed by atoms with Crippen molar-refractivity contribution in [3.63, 3.8) is 0 Å². The van der Waals surface area contributed by atoms with Gasteiger partial charge < -0.3 is 10.2 Å². The van der Waals surface area contributed by atoms with E-state index < -0.39 is 0 Å². The van der Waals surface area contributed by atoms with E-state index in [4.69, 9.17) is 0 Å². The number of hydrogen-bond donors (Lipinski definition) is 1. The van der Waals surface area contributed by atoms with Gasteiger partial charge in [0.1, 0.15) is 0 Å². The van der Waals surface area contributed by atoms with Crippen LogP contribution in [0.3, 0.4) is 0 Å². The number of carbonyl (C=O) groups is 2. The summed E-state index contributed by atoms with van der Waals surface area (Å²) in [5.74, 6) is 0.0842. The van der Waals surface area contributed by atoms with E-state index in [0.717, 1.165) is 16.7 Å². The average Bonchev–Trinajstić information content (AvgIpc) is 2.72. The maximum Gasteiger partial charge on any atom is 0.246 e. The van der Waals surface area contributed by atoms with Gasteiger partial charge in [0.2, 0.25) is 11.8 Å². The number of carbonyl (C=O) groups excluding carboxylic acids is 2. The van der Waals surface area contributed by atoms with Gasteiger partial charge in [-0.25, -0.2) is 0 Å². The Kier molecular flexibility index (Phi) is 6.42. The van der Waals surface area contributed by atoms with E-state index in [2.05, 4.69) is 5.32 Å². The fourth-order valence-corrected chi connectivity index (χ4v) is 3.33. The van der Waals surface area contributed by atoms with Crippen molar-refractivity contribution in [3.05, 3.63) is 77.4 Å². The molecule has 1 heterocycles. The van der Waals surface area contributed by atoms with Crippen LogP contribution in [-0.2, 0) is 16.1 Å². The Morgan fingerprint density at radius 3 is 2.41 bits per heavy atom. The molecule has 140 valence electrons. The molecule has 2 aromatic rings. The summed E-state index contributed by atoms with van der Waals surface area (Å²) in [7, 11) is 0. The monoisotopic (exact) mass is 362 g/mol. The van der Waals surface area contributed by atoms with Crippen molar-refractivity contribution >= 4 is 17.9 Å². The van der Waals surface area contributed by atoms with Crippen LogP contribution >= 0.6 is 0 Å². The summed E-state index contributed by atoms with van der Waals surface area (Å²) in [6, 6.07) is 17.9. The molecule has 0 spiro atoms. The topological polar surface area (TPSA) is 49.4 Å². The van der Waals surface area contributed by atoms with Gasteiger partial charge in [0.15, 0.2) is 0 Å². The molecule has 0 atom stereocenters. The smallest absolute Gasteiger partial charge is 0.246 e. The second-order valence-corrected chi connectivity index (χ2v) is 6.99. The molecule has 1 aliphatic rings. The molecule has 1 fully saturated rings. The Balaban J connectivity index is 1.46. The van der Waals surface area contributed by atoms with Crippen LogP contribution in [0.5, 0.6) is 0 Å². The third-order valence-electron chi connectivity index (χ3n) is 5.08. The molecule has 0 aliphatic carbocycles. The van der Waals surface area contributed by atoms with Gasteiger partial charge in [-0.05, 0) is 42.5 Å². The maximum atomic E-state index is 12.4. The summed E-state index contributed by atoms with van der Waals surface area (Å²) in [6.07, 6.45) is 4.93. The zero-order chi connectivity index (χ0) is 19.1. The van der Waals surface area contributed by atoms with Crippen LogP contribution in [0.2, 0.25) is 0 Å². The van der Waals surface area contributed by atoms with Crippen molar-refractivity contribution < 1.29 is 9.59 Å². The Hall–Kier alpha value is -2.88. The largest absolute Gasteiger partial charge is 0.352 e. The SMILES string of the molecule is Cc1ccccc1C=CC(=O)N1CCC(C(=O)NCc2ccccc2)CC1. The molecule has 2 amide bonds. The first-order valence-corrected chi connectivity index (χ1v) is 9.48. The maximum absolute atomic E-state index is 12.4. The molecule has 0 aromatic heterocycles. The second kappa shape index (κ2) is 9.17. The lowest BCUT2D eigenvalue weighted by molar-refractivity contribution is -0.132. The number of hydrogen-bond acceptors (Lipinski definition) is 2. The minimum Gasteiger partial charge on any atom is -0.352 e. The molecule has 3 rings (SSSR count). The highest BCUT2D eigenvalue weighted by molar-refractivity contribution is 5.92. The van der Waals surface area contributed by atoms with Gasteiger partial charge in [0.25, 0.3) is 0 Å². The van der Waals surface area contributed by atoms with Crippen LogP contribution in [0.1, 0.15) is 29.5 Å². The van der Waals surface area contributed by atoms with Gasteiger partial charge in [0, 0.05) is 31.6 Å². The van der Waals surface area contributed by atoms with Crippen LogP contribution in [0.15, 0.2) is 60.7 Å². The summed E-state index contributed by atoms with van der Waals surface area (Å²) in [5, 5.41) is 3.01. The van der Waals surface area contributed by atoms with Gasteiger partial charge >= 0.3 is 0 Å². The van der Waals surface area contributed by atoms with Crippen LogP contribution in [0.25, 0.3) is 6.08 Å². The summed E-state index contributed by atoms with van der Waals surface area (Å²) < 4.78 is 0. The Labute approximate surface area is 160 Å². The first-order chi connectivity index (χ1) is 13.1. The highest BCUT2D eigenvalue weighted by Gasteiger charge is 2.26. The molecule has 0 unspecified atom stereocenters. The van der Waals surface area contributed by atoms with Gasteiger partial charge in [0.05, 0.1) is 0 Å². The lowest BCUT2D eigenvalue weighted by Crippen LogP contribution is -2.42. The van der Waals surface area contributed by atoms with E-state index in [1.807, 2.05) is 72.5 Å². The van der Waals surface area contributed by atoms with Crippen molar-refractivity contribution in [2.24, 2.45) is 5.92 Å². The third kappa shape index (κ3) is 5.30. The molecule has 0 saturated carbocycles. The normalized spacial score (nSPS) is 15.1. The molecular formula is C23H26N2O2. The zero-order valence-electron chi connectivity index (χ0n) is 15.7. The Bertz CT molecular complexity index is 806. The second-order valence-electron chi connectivity index (χ2n) is 6.99. The number of piperidine rings is 1. The summed E-state index contributed by atoms with van der Waals surface area (Å²) in [6.45, 7) is 3.84. The molecule has 0 bridgehead atoms. The molecule has 1 N–H and O–H groups in total. The van der Waals surface area contributed by atoms with Crippen molar-refractivity contribution in [3.8, 4) is 0 Å². The van der Waals surface area contributed by atoms with E-state index in [-0.39, 0.29) is 17.7 Å². The molecule has 2 aromatic carbocycles. The first kappa shape index (κ1) is 18.9. The van der Waals surface area contributed by atoms with Crippen molar-refractivity contribution in [2.45, 2.75) is 26.3 Å². The molecule has 4 nitrogen and oxygen atoms in total. The molecule has 1 aliphatic heterocycles. The zero-order valence-corrected chi connectivity index (χ0v) is 15.7. The highest BCUT2D eigenvalue weighted by atomic mass is 16.2. The molecule has 0 radical (unpaired) electrons. The Morgan fingerprint density at radius 2 is 1.70 bits per heavy atom. The van der Waals surface area contributed by atoms with E-state index in [0.29, 0.717) is 32.5 Å². The predicted octanol–water partition coefficient (Wildman–Crippen LogP) is 3.56. The van der Waals surface area contributed by atoms with Gasteiger partial charge in [-0.3, -0.25) is 9.59 Å². The molecule has 4 heteroatoms. The molecular weight excluding hydrogens is 336 g/mol. The first-order valence-electron chi connectivity index (χ1n) is 9.48. The van der Waals surface area contributed by atoms with Crippen LogP contribution in [0.4, 0.5) is 0 Å². The lowest BCUT2D eigenvalue weighted by Gasteiger charge is -2.30. The minimum absolute atomic E-state index is 0.0152. The summed E-state index contributed by atoms with van der Waals surface area (Å²) in [5.41, 5.74) is 3.30. The minimum atomic E-state index is -0.0156. The van der Waals surface area contributed by atoms with Crippen LogP contribution < -0.4 is 5.32 Å². The van der Waals surface area contributed by atoms with Crippen molar-refractivity contribution in [2.75, 3.05) is 13.1 Å². The summed E-state index contributed by atoms with van der Waals surface area (Å²) >= 11 is 0. The van der Waals surface area contributed by atoms with Crippen molar-refractivity contribution in [1.29, 1.82) is 0 Å². The molecule has 27 heavy (non-hydrogen) atoms. The van der Waals surface area contributed by atoms with E-state index in [1.165, 1.54) is 0 Å². The standard InChI is InChI=1S/C23H26N2O2/c1-18-7-5-6-10-20(18)11-12-22(26)25-15-13-21(14-16-25)23(27)24-17-19-8-3-2-4-9-19/h2-12,21H,13-17H2,1H3,(H,24,27). The quantitative estimate of drug-likeness (QED) is 0.827. The van der Waals surface area contributed by atoms with E-state index in [1.54, 1.807) is 6.08 Å². The number of rotatable bonds is 5. The van der Waals surface area contributed by atoms with E-state index in [9.17, 15) is 9.59 Å². The number of nitrogens with one attached hydrogen (secondary N) is 1. The van der Waals surface area contributed by atoms with Crippen molar-refractivity contribution in [1.82, 2.24) is 10.2 Å². The third-order valence-corrected chi connectivity index (χ3v) is 5.08. The number of aryl methyl sites for hydroxylation is 1. The van der Waals surface area contributed by atoms with Crippen LogP contribution in [0, 0.1) is 12.8 Å². The van der Waals surface area contributed by atoms with Crippen LogP contribution in [-0.4, -0.2) is 29.8 Å².